The molecule has 0 amide bonds. The summed E-state index contributed by atoms with van der Waals surface area (Å²) in [6.45, 7) is -0.372. The lowest BCUT2D eigenvalue weighted by Gasteiger charge is -2.17. The van der Waals surface area contributed by atoms with Crippen molar-refractivity contribution in [3.05, 3.63) is 0 Å². The van der Waals surface area contributed by atoms with E-state index in [0.717, 1.165) is 0 Å². The summed E-state index contributed by atoms with van der Waals surface area (Å²) >= 11 is 0. The molecule has 4 nitrogen and oxygen atoms in total. The maximum Gasteiger partial charge on any atom is 0.224 e. The molecule has 1 atom stereocenters. The summed E-state index contributed by atoms with van der Waals surface area (Å²) in [5, 5.41) is 8.51. The van der Waals surface area contributed by atoms with Crippen molar-refractivity contribution in [3.8, 4) is 0 Å². The van der Waals surface area contributed by atoms with E-state index in [0.29, 0.717) is 0 Å². The van der Waals surface area contributed by atoms with Crippen LogP contribution in [0, 0.1) is 0 Å². The molecule has 0 aromatic heterocycles. The van der Waals surface area contributed by atoms with Crippen LogP contribution < -0.4 is 0 Å². The summed E-state index contributed by atoms with van der Waals surface area (Å²) < 4.78 is 4.79. The fourth-order valence-corrected chi connectivity index (χ4v) is 0.771. The molecule has 0 saturated carbocycles. The van der Waals surface area contributed by atoms with Crippen LogP contribution in [0.5, 0.6) is 0 Å². The lowest BCUT2D eigenvalue weighted by atomic mass is 10.1. The molecule has 1 rings (SSSR count). The minimum atomic E-state index is -0.496. The molecule has 10 heavy (non-hydrogen) atoms. The number of ether oxygens (including phenoxy) is 1. The minimum Gasteiger partial charge on any atom is -0.394 e. The average Bonchev–Trinajstić information content (AvgIpc) is 1.95. The number of Topliss-reactive ketones (excluding diaryl/α,β-unsaturated/α-hetero) is 2. The quantitative estimate of drug-likeness (QED) is 0.475. The van der Waals surface area contributed by atoms with Crippen LogP contribution in [-0.2, 0) is 14.3 Å². The van der Waals surface area contributed by atoms with Gasteiger partial charge in [-0.15, -0.1) is 0 Å². The van der Waals surface area contributed by atoms with Gasteiger partial charge in [0.05, 0.1) is 12.7 Å². The van der Waals surface area contributed by atoms with E-state index in [1.807, 2.05) is 0 Å². The molecule has 1 N–H and O–H groups in total. The molecule has 56 valence electrons. The van der Waals surface area contributed by atoms with E-state index in [9.17, 15) is 9.59 Å². The van der Waals surface area contributed by atoms with E-state index >= 15 is 0 Å². The van der Waals surface area contributed by atoms with Gasteiger partial charge in [-0.3, -0.25) is 9.59 Å². The van der Waals surface area contributed by atoms with Gasteiger partial charge in [-0.2, -0.15) is 0 Å². The first kappa shape index (κ1) is 7.37. The van der Waals surface area contributed by atoms with Crippen LogP contribution in [0.1, 0.15) is 6.42 Å². The van der Waals surface area contributed by atoms with Gasteiger partial charge in [-0.05, 0) is 0 Å². The molecule has 1 aliphatic rings. The number of carbonyl (C=O) groups is 2. The highest BCUT2D eigenvalue weighted by atomic mass is 16.5. The molecular formula is C6H8O4. The summed E-state index contributed by atoms with van der Waals surface area (Å²) in [5.74, 6) is -0.935. The van der Waals surface area contributed by atoms with E-state index in [1.54, 1.807) is 0 Å². The zero-order chi connectivity index (χ0) is 7.56. The van der Waals surface area contributed by atoms with Gasteiger partial charge in [0, 0.05) is 6.42 Å². The van der Waals surface area contributed by atoms with E-state index in [1.165, 1.54) is 0 Å². The highest BCUT2D eigenvalue weighted by Gasteiger charge is 2.25. The molecule has 0 bridgehead atoms. The van der Waals surface area contributed by atoms with Gasteiger partial charge in [0.25, 0.3) is 0 Å². The number of hydrogen-bond acceptors (Lipinski definition) is 4. The van der Waals surface area contributed by atoms with Crippen LogP contribution in [0.25, 0.3) is 0 Å². The first-order valence-corrected chi connectivity index (χ1v) is 3.02. The van der Waals surface area contributed by atoms with Gasteiger partial charge < -0.3 is 9.84 Å². The third kappa shape index (κ3) is 1.40. The van der Waals surface area contributed by atoms with Crippen LogP contribution >= 0.6 is 0 Å². The van der Waals surface area contributed by atoms with Crippen LogP contribution in [-0.4, -0.2) is 36.0 Å². The Hall–Kier alpha value is -0.740. The van der Waals surface area contributed by atoms with Gasteiger partial charge in [0.15, 0.2) is 0 Å². The van der Waals surface area contributed by atoms with Crippen LogP contribution in [0.3, 0.4) is 0 Å². The van der Waals surface area contributed by atoms with Crippen molar-refractivity contribution < 1.29 is 19.4 Å². The van der Waals surface area contributed by atoms with Gasteiger partial charge in [-0.1, -0.05) is 0 Å². The van der Waals surface area contributed by atoms with Crippen molar-refractivity contribution in [3.63, 3.8) is 0 Å². The number of carbonyl (C=O) groups excluding carboxylic acids is 2. The molecule has 0 unspecified atom stereocenters. The Morgan fingerprint density at radius 2 is 2.20 bits per heavy atom. The Bertz CT molecular complexity index is 163. The molecule has 4 heteroatoms. The summed E-state index contributed by atoms with van der Waals surface area (Å²) in [5.41, 5.74) is 0. The first-order valence-electron chi connectivity index (χ1n) is 3.02. The molecular weight excluding hydrogens is 136 g/mol. The third-order valence-electron chi connectivity index (χ3n) is 1.38. The summed E-state index contributed by atoms with van der Waals surface area (Å²) in [4.78, 5) is 21.1. The fourth-order valence-electron chi connectivity index (χ4n) is 0.771. The summed E-state index contributed by atoms with van der Waals surface area (Å²) in [6, 6.07) is 0. The van der Waals surface area contributed by atoms with Crippen LogP contribution in [0.15, 0.2) is 0 Å². The standard InChI is InChI=1S/C6H8O4/c7-2-4-1-5(8)6(9)3-10-4/h4,7H,1-3H2/t4-/m0/s1. The predicted octanol–water partition coefficient (Wildman–Crippen LogP) is -1.09. The molecule has 1 fully saturated rings. The van der Waals surface area contributed by atoms with Gasteiger partial charge in [0.1, 0.15) is 6.61 Å². The molecule has 1 heterocycles. The highest BCUT2D eigenvalue weighted by Crippen LogP contribution is 2.05. The highest BCUT2D eigenvalue weighted by molar-refractivity contribution is 6.38. The van der Waals surface area contributed by atoms with Crippen molar-refractivity contribution in [1.82, 2.24) is 0 Å². The topological polar surface area (TPSA) is 63.6 Å². The third-order valence-corrected chi connectivity index (χ3v) is 1.38. The zero-order valence-electron chi connectivity index (χ0n) is 5.37. The molecule has 0 aliphatic carbocycles. The van der Waals surface area contributed by atoms with Gasteiger partial charge >= 0.3 is 0 Å². The molecule has 0 radical (unpaired) electrons. The second kappa shape index (κ2) is 2.90. The number of aliphatic hydroxyl groups excluding tert-OH is 1. The molecule has 1 aliphatic heterocycles. The lowest BCUT2D eigenvalue weighted by molar-refractivity contribution is -0.148. The number of ketones is 2. The number of hydrogen-bond donors (Lipinski definition) is 1. The van der Waals surface area contributed by atoms with E-state index in [4.69, 9.17) is 9.84 Å². The monoisotopic (exact) mass is 144 g/mol. The second-order valence-electron chi connectivity index (χ2n) is 2.17. The molecule has 0 aromatic carbocycles. The zero-order valence-corrected chi connectivity index (χ0v) is 5.37. The molecule has 0 spiro atoms. The van der Waals surface area contributed by atoms with E-state index in [-0.39, 0.29) is 19.6 Å². The van der Waals surface area contributed by atoms with E-state index < -0.39 is 17.7 Å². The number of aliphatic hydroxyl groups is 1. The predicted molar refractivity (Wildman–Crippen MR) is 31.5 cm³/mol. The number of rotatable bonds is 1. The average molecular weight is 144 g/mol. The fraction of sp³-hybridized carbons (Fsp3) is 0.667. The Labute approximate surface area is 57.8 Å². The Kier molecular flexibility index (Phi) is 2.13. The largest absolute Gasteiger partial charge is 0.394 e. The summed E-state index contributed by atoms with van der Waals surface area (Å²) in [7, 11) is 0. The van der Waals surface area contributed by atoms with Gasteiger partial charge in [-0.25, -0.2) is 0 Å². The summed E-state index contributed by atoms with van der Waals surface area (Å²) in [6.07, 6.45) is -0.444. The Morgan fingerprint density at radius 1 is 1.50 bits per heavy atom. The Balaban J connectivity index is 2.48. The second-order valence-corrected chi connectivity index (χ2v) is 2.17. The first-order chi connectivity index (χ1) is 4.74. The molecule has 1 saturated heterocycles. The molecule has 0 aromatic rings. The smallest absolute Gasteiger partial charge is 0.224 e. The van der Waals surface area contributed by atoms with Crippen molar-refractivity contribution >= 4 is 11.6 Å². The van der Waals surface area contributed by atoms with Crippen molar-refractivity contribution in [2.45, 2.75) is 12.5 Å². The van der Waals surface area contributed by atoms with Gasteiger partial charge in [0.2, 0.25) is 11.6 Å². The SMILES string of the molecule is O=C1CO[C@H](CO)CC1=O. The van der Waals surface area contributed by atoms with Crippen LogP contribution in [0.4, 0.5) is 0 Å². The van der Waals surface area contributed by atoms with Crippen molar-refractivity contribution in [2.75, 3.05) is 13.2 Å². The van der Waals surface area contributed by atoms with Crippen molar-refractivity contribution in [2.24, 2.45) is 0 Å². The minimum absolute atomic E-state index is 0.0231. The maximum atomic E-state index is 10.6. The normalized spacial score (nSPS) is 27.1. The maximum absolute atomic E-state index is 10.6. The Morgan fingerprint density at radius 3 is 2.70 bits per heavy atom. The lowest BCUT2D eigenvalue weighted by Crippen LogP contribution is -2.35. The van der Waals surface area contributed by atoms with Crippen molar-refractivity contribution in [1.29, 1.82) is 0 Å². The van der Waals surface area contributed by atoms with E-state index in [2.05, 4.69) is 0 Å². The van der Waals surface area contributed by atoms with Crippen LogP contribution in [0.2, 0.25) is 0 Å².